The first-order valence-electron chi connectivity index (χ1n) is 8.71. The van der Waals surface area contributed by atoms with Gasteiger partial charge in [0.2, 0.25) is 0 Å². The number of ether oxygens (including phenoxy) is 1. The van der Waals surface area contributed by atoms with Crippen molar-refractivity contribution in [3.8, 4) is 5.75 Å². The van der Waals surface area contributed by atoms with Gasteiger partial charge in [0, 0.05) is 22.8 Å². The maximum Gasteiger partial charge on any atom is 0.265 e. The van der Waals surface area contributed by atoms with Crippen LogP contribution in [0.5, 0.6) is 5.75 Å². The molecule has 0 saturated heterocycles. The van der Waals surface area contributed by atoms with Gasteiger partial charge in [-0.2, -0.15) is 0 Å². The Kier molecular flexibility index (Phi) is 7.95. The fourth-order valence-electron chi connectivity index (χ4n) is 2.28. The van der Waals surface area contributed by atoms with E-state index >= 15 is 0 Å². The predicted molar refractivity (Wildman–Crippen MR) is 109 cm³/mol. The van der Waals surface area contributed by atoms with Crippen molar-refractivity contribution in [2.45, 2.75) is 32.8 Å². The number of benzene rings is 2. The van der Waals surface area contributed by atoms with E-state index in [-0.39, 0.29) is 11.8 Å². The van der Waals surface area contributed by atoms with E-state index in [4.69, 9.17) is 27.9 Å². The summed E-state index contributed by atoms with van der Waals surface area (Å²) in [7, 11) is 0. The highest BCUT2D eigenvalue weighted by atomic mass is 35.5. The quantitative estimate of drug-likeness (QED) is 0.608. The van der Waals surface area contributed by atoms with Gasteiger partial charge in [0.15, 0.2) is 6.10 Å². The van der Waals surface area contributed by atoms with Crippen LogP contribution < -0.4 is 15.4 Å². The van der Waals surface area contributed by atoms with Crippen molar-refractivity contribution in [3.63, 3.8) is 0 Å². The maximum absolute atomic E-state index is 12.4. The number of rotatable bonds is 8. The summed E-state index contributed by atoms with van der Waals surface area (Å²) in [4.78, 5) is 24.5. The van der Waals surface area contributed by atoms with Crippen LogP contribution in [0.2, 0.25) is 10.0 Å². The fourth-order valence-corrected chi connectivity index (χ4v) is 2.73. The second kappa shape index (κ2) is 10.2. The van der Waals surface area contributed by atoms with Crippen LogP contribution in [0.4, 0.5) is 5.69 Å². The van der Waals surface area contributed by atoms with Gasteiger partial charge in [-0.25, -0.2) is 0 Å². The number of carbonyl (C=O) groups is 2. The van der Waals surface area contributed by atoms with Gasteiger partial charge in [0.1, 0.15) is 5.75 Å². The van der Waals surface area contributed by atoms with Gasteiger partial charge in [-0.05, 0) is 49.7 Å². The van der Waals surface area contributed by atoms with Crippen molar-refractivity contribution in [2.75, 3.05) is 11.9 Å². The molecule has 27 heavy (non-hydrogen) atoms. The highest BCUT2D eigenvalue weighted by Gasteiger charge is 2.17. The number of amides is 2. The molecule has 1 atom stereocenters. The number of carbonyl (C=O) groups excluding carboxylic acids is 2. The molecule has 2 aromatic rings. The third-order valence-electron chi connectivity index (χ3n) is 3.78. The molecule has 2 amide bonds. The van der Waals surface area contributed by atoms with E-state index in [1.165, 1.54) is 0 Å². The van der Waals surface area contributed by atoms with Gasteiger partial charge in [-0.15, -0.1) is 0 Å². The Hall–Kier alpha value is -2.24. The van der Waals surface area contributed by atoms with Crippen LogP contribution >= 0.6 is 23.2 Å². The zero-order valence-electron chi connectivity index (χ0n) is 15.2. The summed E-state index contributed by atoms with van der Waals surface area (Å²) in [5, 5.41) is 6.40. The molecule has 7 heteroatoms. The van der Waals surface area contributed by atoms with Gasteiger partial charge in [-0.3, -0.25) is 9.59 Å². The average Bonchev–Trinajstić information content (AvgIpc) is 2.64. The van der Waals surface area contributed by atoms with Crippen LogP contribution in [-0.4, -0.2) is 24.5 Å². The van der Waals surface area contributed by atoms with Crippen LogP contribution in [-0.2, 0) is 4.79 Å². The molecule has 0 aliphatic heterocycles. The highest BCUT2D eigenvalue weighted by molar-refractivity contribution is 6.35. The molecule has 0 bridgehead atoms. The Morgan fingerprint density at radius 1 is 1.15 bits per heavy atom. The number of hydrogen-bond donors (Lipinski definition) is 2. The molecule has 0 radical (unpaired) electrons. The number of halogens is 2. The minimum atomic E-state index is -0.786. The SMILES string of the molecule is CCCCNC(=O)c1cccc(NC(=O)C(C)Oc2ccc(Cl)cc2Cl)c1. The molecule has 0 saturated carbocycles. The molecule has 0 aliphatic carbocycles. The van der Waals surface area contributed by atoms with Crippen molar-refractivity contribution in [1.82, 2.24) is 5.32 Å². The number of hydrogen-bond acceptors (Lipinski definition) is 3. The van der Waals surface area contributed by atoms with Gasteiger partial charge < -0.3 is 15.4 Å². The van der Waals surface area contributed by atoms with Gasteiger partial charge in [0.05, 0.1) is 5.02 Å². The van der Waals surface area contributed by atoms with E-state index in [2.05, 4.69) is 17.6 Å². The Labute approximate surface area is 169 Å². The van der Waals surface area contributed by atoms with E-state index in [0.717, 1.165) is 12.8 Å². The first kappa shape index (κ1) is 21.1. The molecule has 2 N–H and O–H groups in total. The van der Waals surface area contributed by atoms with Crippen molar-refractivity contribution in [3.05, 3.63) is 58.1 Å². The molecule has 144 valence electrons. The molecule has 0 aromatic heterocycles. The lowest BCUT2D eigenvalue weighted by molar-refractivity contribution is -0.122. The van der Waals surface area contributed by atoms with Crippen LogP contribution in [0.1, 0.15) is 37.0 Å². The molecular formula is C20H22Cl2N2O3. The summed E-state index contributed by atoms with van der Waals surface area (Å²) in [5.41, 5.74) is 0.999. The normalized spacial score (nSPS) is 11.6. The molecular weight excluding hydrogens is 387 g/mol. The summed E-state index contributed by atoms with van der Waals surface area (Å²) in [6.45, 7) is 4.29. The van der Waals surface area contributed by atoms with Crippen molar-refractivity contribution < 1.29 is 14.3 Å². The first-order chi connectivity index (χ1) is 12.9. The third-order valence-corrected chi connectivity index (χ3v) is 4.31. The summed E-state index contributed by atoms with van der Waals surface area (Å²) >= 11 is 11.9. The number of unbranched alkanes of at least 4 members (excludes halogenated alkanes) is 1. The fraction of sp³-hybridized carbons (Fsp3) is 0.300. The Morgan fingerprint density at radius 3 is 2.63 bits per heavy atom. The molecule has 0 heterocycles. The van der Waals surface area contributed by atoms with Crippen LogP contribution in [0.15, 0.2) is 42.5 Å². The minimum absolute atomic E-state index is 0.170. The monoisotopic (exact) mass is 408 g/mol. The molecule has 0 spiro atoms. The summed E-state index contributed by atoms with van der Waals surface area (Å²) in [5.74, 6) is -0.158. The lowest BCUT2D eigenvalue weighted by Gasteiger charge is -2.16. The van der Waals surface area contributed by atoms with Crippen molar-refractivity contribution in [1.29, 1.82) is 0 Å². The summed E-state index contributed by atoms with van der Waals surface area (Å²) in [6.07, 6.45) is 1.14. The summed E-state index contributed by atoms with van der Waals surface area (Å²) in [6, 6.07) is 11.5. The number of nitrogens with one attached hydrogen (secondary N) is 2. The maximum atomic E-state index is 12.4. The zero-order chi connectivity index (χ0) is 19.8. The zero-order valence-corrected chi connectivity index (χ0v) is 16.7. The predicted octanol–water partition coefficient (Wildman–Crippen LogP) is 4.93. The van der Waals surface area contributed by atoms with E-state index in [1.807, 2.05) is 0 Å². The van der Waals surface area contributed by atoms with Crippen LogP contribution in [0.25, 0.3) is 0 Å². The van der Waals surface area contributed by atoms with Gasteiger partial charge in [0.25, 0.3) is 11.8 Å². The molecule has 0 fully saturated rings. The van der Waals surface area contributed by atoms with E-state index in [1.54, 1.807) is 49.4 Å². The second-order valence-electron chi connectivity index (χ2n) is 6.01. The Morgan fingerprint density at radius 2 is 1.93 bits per heavy atom. The second-order valence-corrected chi connectivity index (χ2v) is 6.86. The average molecular weight is 409 g/mol. The minimum Gasteiger partial charge on any atom is -0.479 e. The highest BCUT2D eigenvalue weighted by Crippen LogP contribution is 2.28. The van der Waals surface area contributed by atoms with Crippen molar-refractivity contribution in [2.24, 2.45) is 0 Å². The topological polar surface area (TPSA) is 67.4 Å². The van der Waals surface area contributed by atoms with Gasteiger partial charge in [-0.1, -0.05) is 42.6 Å². The molecule has 2 rings (SSSR count). The smallest absolute Gasteiger partial charge is 0.265 e. The van der Waals surface area contributed by atoms with Crippen LogP contribution in [0, 0.1) is 0 Å². The Balaban J connectivity index is 1.98. The Bertz CT molecular complexity index is 812. The van der Waals surface area contributed by atoms with Crippen LogP contribution in [0.3, 0.4) is 0 Å². The van der Waals surface area contributed by atoms with Gasteiger partial charge >= 0.3 is 0 Å². The molecule has 0 aliphatic rings. The van der Waals surface area contributed by atoms with E-state index in [9.17, 15) is 9.59 Å². The summed E-state index contributed by atoms with van der Waals surface area (Å²) < 4.78 is 5.60. The standard InChI is InChI=1S/C20H22Cl2N2O3/c1-3-4-10-23-20(26)14-6-5-7-16(11-14)24-19(25)13(2)27-18-9-8-15(21)12-17(18)22/h5-9,11-13H,3-4,10H2,1-2H3,(H,23,26)(H,24,25). The van der Waals surface area contributed by atoms with Crippen molar-refractivity contribution >= 4 is 40.7 Å². The first-order valence-corrected chi connectivity index (χ1v) is 9.47. The molecule has 5 nitrogen and oxygen atoms in total. The number of anilines is 1. The van der Waals surface area contributed by atoms with E-state index in [0.29, 0.717) is 33.6 Å². The third kappa shape index (κ3) is 6.45. The molecule has 2 aromatic carbocycles. The largest absolute Gasteiger partial charge is 0.479 e. The lowest BCUT2D eigenvalue weighted by atomic mass is 10.1. The van der Waals surface area contributed by atoms with E-state index < -0.39 is 6.10 Å². The lowest BCUT2D eigenvalue weighted by Crippen LogP contribution is -2.30. The molecule has 1 unspecified atom stereocenters.